The van der Waals surface area contributed by atoms with E-state index in [1.165, 1.54) is 0 Å². The van der Waals surface area contributed by atoms with Gasteiger partial charge < -0.3 is 15.2 Å². The van der Waals surface area contributed by atoms with E-state index in [4.69, 9.17) is 4.74 Å². The fraction of sp³-hybridized carbons (Fsp3) is 0.226. The Balaban J connectivity index is 0.00000400. The molecule has 0 aliphatic rings. The van der Waals surface area contributed by atoms with E-state index < -0.39 is 17.9 Å². The van der Waals surface area contributed by atoms with Crippen LogP contribution in [-0.2, 0) is 9.53 Å². The number of carboxylic acids is 1. The SMILES string of the molecule is COC(c1ccc(C(=O)NC(CCSC)C(=O)O)c(-c2ccccc2C)c1)c1cccc2ccccc12.[LiH]. The molecule has 192 valence electrons. The number of hydrogen-bond acceptors (Lipinski definition) is 4. The van der Waals surface area contributed by atoms with E-state index in [-0.39, 0.29) is 25.0 Å². The van der Waals surface area contributed by atoms with Gasteiger partial charge in [-0.3, -0.25) is 4.79 Å². The second-order valence-electron chi connectivity index (χ2n) is 8.95. The van der Waals surface area contributed by atoms with E-state index in [9.17, 15) is 14.7 Å². The summed E-state index contributed by atoms with van der Waals surface area (Å²) in [4.78, 5) is 25.2. The third-order valence-corrected chi connectivity index (χ3v) is 7.23. The molecule has 4 rings (SSSR count). The summed E-state index contributed by atoms with van der Waals surface area (Å²) in [5.74, 6) is -0.800. The number of rotatable bonds is 10. The fourth-order valence-corrected chi connectivity index (χ4v) is 5.14. The number of methoxy groups -OCH3 is 1. The number of benzene rings is 4. The standard InChI is InChI=1S/C31H31NO4S.Li.H/c1-20-9-4-6-12-23(20)27-19-22(15-16-26(27)30(33)32-28(31(34)35)17-18-37-3)29(36-2)25-14-8-11-21-10-5-7-13-24(21)25;;/h4-16,19,28-29H,17-18H2,1-3H3,(H,32,33)(H,34,35);;. The Kier molecular flexibility index (Phi) is 10.6. The minimum atomic E-state index is -1.04. The van der Waals surface area contributed by atoms with Crippen LogP contribution in [0.1, 0.15) is 39.6 Å². The molecular weight excluding hydrogens is 489 g/mol. The van der Waals surface area contributed by atoms with E-state index in [2.05, 4.69) is 29.6 Å². The van der Waals surface area contributed by atoms with Gasteiger partial charge in [-0.15, -0.1) is 0 Å². The van der Waals surface area contributed by atoms with Gasteiger partial charge in [0.05, 0.1) is 0 Å². The predicted octanol–water partition coefficient (Wildman–Crippen LogP) is 5.84. The Morgan fingerprint density at radius 1 is 0.947 bits per heavy atom. The summed E-state index contributed by atoms with van der Waals surface area (Å²) in [5, 5.41) is 14.6. The molecule has 4 aromatic carbocycles. The van der Waals surface area contributed by atoms with Crippen molar-refractivity contribution in [1.29, 1.82) is 0 Å². The van der Waals surface area contributed by atoms with Gasteiger partial charge in [-0.1, -0.05) is 72.8 Å². The number of ether oxygens (including phenoxy) is 1. The molecule has 0 aliphatic carbocycles. The van der Waals surface area contributed by atoms with Gasteiger partial charge in [-0.25, -0.2) is 4.79 Å². The molecule has 0 spiro atoms. The Hall–Kier alpha value is -3.01. The van der Waals surface area contributed by atoms with Crippen LogP contribution in [-0.4, -0.2) is 61.0 Å². The van der Waals surface area contributed by atoms with Crippen LogP contribution in [0.25, 0.3) is 21.9 Å². The zero-order valence-corrected chi connectivity index (χ0v) is 22.0. The van der Waals surface area contributed by atoms with Crippen LogP contribution in [0.15, 0.2) is 84.9 Å². The van der Waals surface area contributed by atoms with Crippen molar-refractivity contribution >= 4 is 53.3 Å². The van der Waals surface area contributed by atoms with Gasteiger partial charge in [0.1, 0.15) is 12.1 Å². The first-order chi connectivity index (χ1) is 17.9. The number of aryl methyl sites for hydroxylation is 1. The molecule has 2 unspecified atom stereocenters. The summed E-state index contributed by atoms with van der Waals surface area (Å²) in [5.41, 5.74) is 5.05. The summed E-state index contributed by atoms with van der Waals surface area (Å²) in [6.45, 7) is 2.00. The van der Waals surface area contributed by atoms with Crippen LogP contribution in [0.2, 0.25) is 0 Å². The Morgan fingerprint density at radius 3 is 2.37 bits per heavy atom. The first kappa shape index (κ1) is 29.5. The molecule has 0 heterocycles. The Labute approximate surface area is 240 Å². The van der Waals surface area contributed by atoms with Gasteiger partial charge in [0.25, 0.3) is 5.91 Å². The van der Waals surface area contributed by atoms with Crippen LogP contribution >= 0.6 is 11.8 Å². The third kappa shape index (κ3) is 6.51. The predicted molar refractivity (Wildman–Crippen MR) is 158 cm³/mol. The van der Waals surface area contributed by atoms with E-state index in [1.807, 2.05) is 67.8 Å². The van der Waals surface area contributed by atoms with E-state index in [0.29, 0.717) is 17.7 Å². The molecule has 38 heavy (non-hydrogen) atoms. The molecular formula is C31H32LiNO4S. The van der Waals surface area contributed by atoms with Gasteiger partial charge in [-0.2, -0.15) is 11.8 Å². The van der Waals surface area contributed by atoms with Gasteiger partial charge in [0.2, 0.25) is 0 Å². The van der Waals surface area contributed by atoms with E-state index >= 15 is 0 Å². The Bertz CT molecular complexity index is 1420. The molecule has 0 aliphatic heterocycles. The van der Waals surface area contributed by atoms with Gasteiger partial charge in [0.15, 0.2) is 0 Å². The topological polar surface area (TPSA) is 75.6 Å². The summed E-state index contributed by atoms with van der Waals surface area (Å²) in [6.07, 6.45) is 1.92. The second-order valence-corrected chi connectivity index (χ2v) is 9.94. The zero-order valence-electron chi connectivity index (χ0n) is 21.2. The molecule has 0 radical (unpaired) electrons. The van der Waals surface area contributed by atoms with Crippen molar-refractivity contribution in [2.75, 3.05) is 19.1 Å². The molecule has 0 aromatic heterocycles. The summed E-state index contributed by atoms with van der Waals surface area (Å²) >= 11 is 1.55. The van der Waals surface area contributed by atoms with Crippen LogP contribution in [0.4, 0.5) is 0 Å². The molecule has 0 saturated carbocycles. The first-order valence-corrected chi connectivity index (χ1v) is 13.6. The fourth-order valence-electron chi connectivity index (χ4n) is 4.67. The number of carboxylic acid groups (broad SMARTS) is 1. The molecule has 4 aromatic rings. The number of nitrogens with one attached hydrogen (secondary N) is 1. The molecule has 1 amide bonds. The van der Waals surface area contributed by atoms with Crippen molar-refractivity contribution in [3.8, 4) is 11.1 Å². The molecule has 0 fully saturated rings. The number of fused-ring (bicyclic) bond motifs is 1. The van der Waals surface area contributed by atoms with Crippen LogP contribution in [0, 0.1) is 6.92 Å². The van der Waals surface area contributed by atoms with Gasteiger partial charge in [-0.05, 0) is 76.1 Å². The number of aliphatic carboxylic acids is 1. The quantitative estimate of drug-likeness (QED) is 0.257. The maximum atomic E-state index is 13.4. The number of thioether (sulfide) groups is 1. The second kappa shape index (κ2) is 13.7. The number of hydrogen-bond donors (Lipinski definition) is 2. The number of carbonyl (C=O) groups excluding carboxylic acids is 1. The molecule has 2 atom stereocenters. The minimum absolute atomic E-state index is 0. The first-order valence-electron chi connectivity index (χ1n) is 12.2. The van der Waals surface area contributed by atoms with Crippen LogP contribution in [0.5, 0.6) is 0 Å². The number of carbonyl (C=O) groups is 2. The molecule has 0 bridgehead atoms. The molecule has 0 saturated heterocycles. The van der Waals surface area contributed by atoms with Crippen molar-refractivity contribution in [2.24, 2.45) is 0 Å². The maximum absolute atomic E-state index is 13.4. The Morgan fingerprint density at radius 2 is 1.66 bits per heavy atom. The van der Waals surface area contributed by atoms with E-state index in [1.54, 1.807) is 24.9 Å². The zero-order chi connectivity index (χ0) is 26.4. The summed E-state index contributed by atoms with van der Waals surface area (Å²) in [7, 11) is 1.68. The molecule has 2 N–H and O–H groups in total. The third-order valence-electron chi connectivity index (χ3n) is 6.58. The van der Waals surface area contributed by atoms with Crippen molar-refractivity contribution in [2.45, 2.75) is 25.5 Å². The van der Waals surface area contributed by atoms with Crippen LogP contribution in [0.3, 0.4) is 0 Å². The molecule has 7 heteroatoms. The van der Waals surface area contributed by atoms with Crippen molar-refractivity contribution < 1.29 is 19.4 Å². The van der Waals surface area contributed by atoms with Crippen LogP contribution < -0.4 is 5.32 Å². The monoisotopic (exact) mass is 521 g/mol. The van der Waals surface area contributed by atoms with Gasteiger partial charge in [0, 0.05) is 12.7 Å². The normalized spacial score (nSPS) is 12.4. The van der Waals surface area contributed by atoms with Crippen molar-refractivity contribution in [3.63, 3.8) is 0 Å². The average Bonchev–Trinajstić information content (AvgIpc) is 2.91. The number of amides is 1. The van der Waals surface area contributed by atoms with E-state index in [0.717, 1.165) is 38.6 Å². The van der Waals surface area contributed by atoms with Gasteiger partial charge >= 0.3 is 24.8 Å². The average molecular weight is 522 g/mol. The van der Waals surface area contributed by atoms with Crippen molar-refractivity contribution in [1.82, 2.24) is 5.32 Å². The van der Waals surface area contributed by atoms with Crippen molar-refractivity contribution in [3.05, 3.63) is 107 Å². The molecule has 5 nitrogen and oxygen atoms in total. The summed E-state index contributed by atoms with van der Waals surface area (Å²) < 4.78 is 6.01. The summed E-state index contributed by atoms with van der Waals surface area (Å²) in [6, 6.07) is 26.9.